The van der Waals surface area contributed by atoms with Crippen molar-refractivity contribution in [2.45, 2.75) is 13.8 Å². The fourth-order valence-corrected chi connectivity index (χ4v) is 2.45. The van der Waals surface area contributed by atoms with Gasteiger partial charge < -0.3 is 10.6 Å². The van der Waals surface area contributed by atoms with Gasteiger partial charge in [-0.2, -0.15) is 0 Å². The lowest BCUT2D eigenvalue weighted by atomic mass is 10.1. The number of carbonyl (C=O) groups is 2. The van der Waals surface area contributed by atoms with E-state index < -0.39 is 0 Å². The normalized spacial score (nSPS) is 10.2. The second-order valence-electron chi connectivity index (χ2n) is 6.07. The first-order valence-corrected chi connectivity index (χ1v) is 8.23. The minimum absolute atomic E-state index is 0.183. The second-order valence-corrected chi connectivity index (χ2v) is 6.07. The maximum atomic E-state index is 12.4. The third-order valence-electron chi connectivity index (χ3n) is 3.84. The zero-order valence-corrected chi connectivity index (χ0v) is 14.6. The van der Waals surface area contributed by atoms with Crippen molar-refractivity contribution in [3.8, 4) is 0 Å². The van der Waals surface area contributed by atoms with E-state index in [-0.39, 0.29) is 17.5 Å². The fraction of sp³-hybridized carbons (Fsp3) is 0.0952. The molecule has 0 saturated heterocycles. The summed E-state index contributed by atoms with van der Waals surface area (Å²) in [4.78, 5) is 28.9. The van der Waals surface area contributed by atoms with Crippen molar-refractivity contribution in [3.05, 3.63) is 89.2 Å². The van der Waals surface area contributed by atoms with Crippen molar-refractivity contribution in [1.29, 1.82) is 0 Å². The predicted octanol–water partition coefficient (Wildman–Crippen LogP) is 4.20. The van der Waals surface area contributed by atoms with Crippen molar-refractivity contribution in [3.63, 3.8) is 0 Å². The van der Waals surface area contributed by atoms with Gasteiger partial charge in [0.25, 0.3) is 11.8 Å². The summed E-state index contributed by atoms with van der Waals surface area (Å²) in [5.74, 6) is -0.651. The molecule has 0 aliphatic heterocycles. The summed E-state index contributed by atoms with van der Waals surface area (Å²) in [7, 11) is 0. The third-order valence-corrected chi connectivity index (χ3v) is 3.84. The van der Waals surface area contributed by atoms with Gasteiger partial charge >= 0.3 is 0 Å². The summed E-state index contributed by atoms with van der Waals surface area (Å²) >= 11 is 0. The van der Waals surface area contributed by atoms with Gasteiger partial charge in [0.05, 0.1) is 0 Å². The highest BCUT2D eigenvalue weighted by Gasteiger charge is 2.12. The molecule has 0 atom stereocenters. The van der Waals surface area contributed by atoms with E-state index >= 15 is 0 Å². The Bertz CT molecular complexity index is 949. The van der Waals surface area contributed by atoms with Gasteiger partial charge in [-0.1, -0.05) is 29.8 Å². The molecule has 1 heterocycles. The zero-order valence-electron chi connectivity index (χ0n) is 14.6. The minimum atomic E-state index is -0.362. The maximum Gasteiger partial charge on any atom is 0.274 e. The summed E-state index contributed by atoms with van der Waals surface area (Å²) < 4.78 is 0. The monoisotopic (exact) mass is 345 g/mol. The van der Waals surface area contributed by atoms with E-state index in [1.807, 2.05) is 62.4 Å². The van der Waals surface area contributed by atoms with Crippen molar-refractivity contribution >= 4 is 23.2 Å². The highest BCUT2D eigenvalue weighted by atomic mass is 16.2. The van der Waals surface area contributed by atoms with Crippen LogP contribution in [-0.4, -0.2) is 16.8 Å². The Morgan fingerprint density at radius 3 is 2.23 bits per heavy atom. The number of aromatic nitrogens is 1. The van der Waals surface area contributed by atoms with E-state index in [2.05, 4.69) is 15.6 Å². The first-order chi connectivity index (χ1) is 12.5. The number of aryl methyl sites for hydroxylation is 2. The third kappa shape index (κ3) is 4.33. The fourth-order valence-electron chi connectivity index (χ4n) is 2.45. The van der Waals surface area contributed by atoms with E-state index in [1.54, 1.807) is 6.07 Å². The number of hydrogen-bond acceptors (Lipinski definition) is 3. The Labute approximate surface area is 152 Å². The van der Waals surface area contributed by atoms with Gasteiger partial charge in [-0.3, -0.25) is 14.6 Å². The van der Waals surface area contributed by atoms with Crippen LogP contribution in [0.1, 0.15) is 32.0 Å². The Morgan fingerprint density at radius 1 is 0.769 bits per heavy atom. The summed E-state index contributed by atoms with van der Waals surface area (Å²) in [5.41, 5.74) is 4.10. The molecule has 3 aromatic rings. The number of nitrogens with one attached hydrogen (secondary N) is 2. The Hall–Kier alpha value is -3.47. The lowest BCUT2D eigenvalue weighted by Crippen LogP contribution is -2.17. The number of hydrogen-bond donors (Lipinski definition) is 2. The first-order valence-electron chi connectivity index (χ1n) is 8.23. The molecule has 5 heteroatoms. The molecule has 0 bridgehead atoms. The van der Waals surface area contributed by atoms with E-state index in [4.69, 9.17) is 0 Å². The molecule has 0 aliphatic rings. The van der Waals surface area contributed by atoms with Crippen LogP contribution in [0.4, 0.5) is 11.4 Å². The number of pyridine rings is 1. The highest BCUT2D eigenvalue weighted by Crippen LogP contribution is 2.13. The molecular weight excluding hydrogens is 326 g/mol. The standard InChI is InChI=1S/C21H19N3O2/c1-14-6-8-17(9-7-14)23-21(26)19-13-16(10-11-22-19)20(25)24-18-5-3-4-15(2)12-18/h3-13H,1-2H3,(H,23,26)(H,24,25). The number of nitrogens with zero attached hydrogens (tertiary/aromatic N) is 1. The highest BCUT2D eigenvalue weighted by molar-refractivity contribution is 6.07. The van der Waals surface area contributed by atoms with Gasteiger partial charge in [-0.25, -0.2) is 0 Å². The molecule has 0 spiro atoms. The van der Waals surface area contributed by atoms with Crippen LogP contribution in [0.15, 0.2) is 66.9 Å². The quantitative estimate of drug-likeness (QED) is 0.744. The molecule has 0 fully saturated rings. The Morgan fingerprint density at radius 2 is 1.50 bits per heavy atom. The molecule has 5 nitrogen and oxygen atoms in total. The molecule has 0 radical (unpaired) electrons. The van der Waals surface area contributed by atoms with E-state index in [9.17, 15) is 9.59 Å². The number of carbonyl (C=O) groups excluding carboxylic acids is 2. The van der Waals surface area contributed by atoms with E-state index in [0.29, 0.717) is 16.9 Å². The maximum absolute atomic E-state index is 12.4. The molecule has 0 aliphatic carbocycles. The van der Waals surface area contributed by atoms with Crippen LogP contribution in [-0.2, 0) is 0 Å². The van der Waals surface area contributed by atoms with Crippen LogP contribution in [0.2, 0.25) is 0 Å². The number of rotatable bonds is 4. The van der Waals surface area contributed by atoms with Crippen LogP contribution >= 0.6 is 0 Å². The number of anilines is 2. The second kappa shape index (κ2) is 7.61. The average Bonchev–Trinajstić information content (AvgIpc) is 2.64. The van der Waals surface area contributed by atoms with Crippen LogP contribution in [0.5, 0.6) is 0 Å². The van der Waals surface area contributed by atoms with Crippen molar-refractivity contribution in [1.82, 2.24) is 4.98 Å². The van der Waals surface area contributed by atoms with Crippen molar-refractivity contribution in [2.75, 3.05) is 10.6 Å². The van der Waals surface area contributed by atoms with Gasteiger partial charge in [0, 0.05) is 23.1 Å². The summed E-state index contributed by atoms with van der Waals surface area (Å²) in [6.45, 7) is 3.93. The molecule has 3 rings (SSSR count). The van der Waals surface area contributed by atoms with Gasteiger partial charge in [0.15, 0.2) is 0 Å². The molecule has 0 unspecified atom stereocenters. The smallest absolute Gasteiger partial charge is 0.274 e. The molecule has 130 valence electrons. The minimum Gasteiger partial charge on any atom is -0.322 e. The van der Waals surface area contributed by atoms with Gasteiger partial charge in [-0.15, -0.1) is 0 Å². The van der Waals surface area contributed by atoms with E-state index in [1.165, 1.54) is 12.3 Å². The van der Waals surface area contributed by atoms with E-state index in [0.717, 1.165) is 11.1 Å². The van der Waals surface area contributed by atoms with Gasteiger partial charge in [0.1, 0.15) is 5.69 Å². The largest absolute Gasteiger partial charge is 0.322 e. The average molecular weight is 345 g/mol. The number of benzene rings is 2. The van der Waals surface area contributed by atoms with Crippen molar-refractivity contribution < 1.29 is 9.59 Å². The molecule has 26 heavy (non-hydrogen) atoms. The van der Waals surface area contributed by atoms with Gasteiger partial charge in [0.2, 0.25) is 0 Å². The summed E-state index contributed by atoms with van der Waals surface area (Å²) in [6, 6.07) is 18.0. The first kappa shape index (κ1) is 17.4. The molecule has 2 aromatic carbocycles. The Kier molecular flexibility index (Phi) is 5.08. The van der Waals surface area contributed by atoms with Crippen LogP contribution in [0, 0.1) is 13.8 Å². The zero-order chi connectivity index (χ0) is 18.5. The molecule has 0 saturated carbocycles. The predicted molar refractivity (Wildman–Crippen MR) is 103 cm³/mol. The Balaban J connectivity index is 1.73. The lowest BCUT2D eigenvalue weighted by Gasteiger charge is -2.08. The lowest BCUT2D eigenvalue weighted by molar-refractivity contribution is 0.102. The topological polar surface area (TPSA) is 71.1 Å². The van der Waals surface area contributed by atoms with Crippen molar-refractivity contribution in [2.24, 2.45) is 0 Å². The molecule has 2 amide bonds. The molecule has 1 aromatic heterocycles. The molecule has 2 N–H and O–H groups in total. The SMILES string of the molecule is Cc1ccc(NC(=O)c2cc(C(=O)Nc3cccc(C)c3)ccn2)cc1. The van der Waals surface area contributed by atoms with Crippen LogP contribution < -0.4 is 10.6 Å². The summed E-state index contributed by atoms with van der Waals surface area (Å²) in [5, 5.41) is 5.60. The molecular formula is C21H19N3O2. The van der Waals surface area contributed by atoms with Crippen LogP contribution in [0.25, 0.3) is 0 Å². The summed E-state index contributed by atoms with van der Waals surface area (Å²) in [6.07, 6.45) is 1.45. The van der Waals surface area contributed by atoms with Crippen LogP contribution in [0.3, 0.4) is 0 Å². The van der Waals surface area contributed by atoms with Gasteiger partial charge in [-0.05, 0) is 55.8 Å². The number of amides is 2.